The number of ether oxygens (including phenoxy) is 1. The van der Waals surface area contributed by atoms with E-state index in [-0.39, 0.29) is 0 Å². The summed E-state index contributed by atoms with van der Waals surface area (Å²) in [5, 5.41) is 4.76. The normalized spacial score (nSPS) is 14.5. The number of nitrogens with one attached hydrogen (secondary N) is 1. The molecule has 0 saturated heterocycles. The largest absolute Gasteiger partial charge is 0.383 e. The van der Waals surface area contributed by atoms with Gasteiger partial charge in [0.2, 0.25) is 0 Å². The summed E-state index contributed by atoms with van der Waals surface area (Å²) in [5.74, 6) is 0.729. The van der Waals surface area contributed by atoms with Crippen LogP contribution < -0.4 is 5.32 Å². The van der Waals surface area contributed by atoms with Crippen LogP contribution in [0.25, 0.3) is 11.3 Å². The van der Waals surface area contributed by atoms with Gasteiger partial charge in [0, 0.05) is 36.6 Å². The smallest absolute Gasteiger partial charge is 0.0966 e. The molecule has 4 heteroatoms. The molecule has 1 saturated carbocycles. The molecule has 0 spiro atoms. The Morgan fingerprint density at radius 2 is 2.05 bits per heavy atom. The van der Waals surface area contributed by atoms with Crippen molar-refractivity contribution in [1.29, 1.82) is 0 Å². The quantitative estimate of drug-likeness (QED) is 0.758. The highest BCUT2D eigenvalue weighted by Crippen LogP contribution is 2.44. The molecular weight excluding hydrogens is 280 g/mol. The highest BCUT2D eigenvalue weighted by Gasteiger charge is 2.28. The predicted octanol–water partition coefficient (Wildman–Crippen LogP) is 3.47. The van der Waals surface area contributed by atoms with Crippen LogP contribution in [0.15, 0.2) is 30.3 Å². The summed E-state index contributed by atoms with van der Waals surface area (Å²) in [4.78, 5) is 6.33. The monoisotopic (exact) mass is 302 g/mol. The lowest BCUT2D eigenvalue weighted by atomic mass is 10.1. The third-order valence-corrected chi connectivity index (χ3v) is 4.98. The first-order valence-electron chi connectivity index (χ1n) is 7.63. The van der Waals surface area contributed by atoms with Crippen LogP contribution in [0, 0.1) is 0 Å². The van der Waals surface area contributed by atoms with Crippen molar-refractivity contribution in [3.05, 3.63) is 40.2 Å². The molecule has 1 heterocycles. The Hall–Kier alpha value is -1.23. The lowest BCUT2D eigenvalue weighted by Gasteiger charge is -2.04. The Kier molecular flexibility index (Phi) is 5.01. The third kappa shape index (κ3) is 3.90. The number of hydrogen-bond acceptors (Lipinski definition) is 4. The van der Waals surface area contributed by atoms with Crippen molar-refractivity contribution >= 4 is 11.3 Å². The van der Waals surface area contributed by atoms with Crippen molar-refractivity contribution in [2.75, 3.05) is 26.8 Å². The number of thiazole rings is 1. The molecule has 1 aliphatic rings. The van der Waals surface area contributed by atoms with Crippen molar-refractivity contribution < 1.29 is 4.74 Å². The number of nitrogens with zero attached hydrogens (tertiary/aromatic N) is 1. The molecule has 3 nitrogen and oxygen atoms in total. The molecule has 0 radical (unpaired) electrons. The van der Waals surface area contributed by atoms with Crippen LogP contribution >= 0.6 is 11.3 Å². The molecule has 2 aromatic rings. The second-order valence-corrected chi connectivity index (χ2v) is 6.57. The zero-order valence-electron chi connectivity index (χ0n) is 12.5. The van der Waals surface area contributed by atoms with E-state index in [4.69, 9.17) is 9.72 Å². The summed E-state index contributed by atoms with van der Waals surface area (Å²) >= 11 is 1.91. The number of rotatable bonds is 8. The molecule has 1 N–H and O–H groups in total. The molecule has 1 fully saturated rings. The summed E-state index contributed by atoms with van der Waals surface area (Å²) in [7, 11) is 1.74. The molecule has 0 amide bonds. The van der Waals surface area contributed by atoms with Gasteiger partial charge in [-0.3, -0.25) is 0 Å². The minimum Gasteiger partial charge on any atom is -0.383 e. The fourth-order valence-electron chi connectivity index (χ4n) is 2.37. The van der Waals surface area contributed by atoms with Gasteiger partial charge in [0.25, 0.3) is 0 Å². The van der Waals surface area contributed by atoms with Gasteiger partial charge in [0.15, 0.2) is 0 Å². The number of hydrogen-bond donors (Lipinski definition) is 1. The first-order valence-corrected chi connectivity index (χ1v) is 8.45. The van der Waals surface area contributed by atoms with Crippen LogP contribution in [0.2, 0.25) is 0 Å². The van der Waals surface area contributed by atoms with Gasteiger partial charge in [-0.05, 0) is 19.3 Å². The Morgan fingerprint density at radius 3 is 2.76 bits per heavy atom. The maximum Gasteiger partial charge on any atom is 0.0966 e. The highest BCUT2D eigenvalue weighted by atomic mass is 32.1. The fraction of sp³-hybridized carbons (Fsp3) is 0.471. The van der Waals surface area contributed by atoms with Crippen LogP contribution in [0.5, 0.6) is 0 Å². The van der Waals surface area contributed by atoms with Crippen LogP contribution in [-0.2, 0) is 11.2 Å². The Morgan fingerprint density at radius 1 is 1.24 bits per heavy atom. The summed E-state index contributed by atoms with van der Waals surface area (Å²) in [6, 6.07) is 10.6. The Labute approximate surface area is 130 Å². The van der Waals surface area contributed by atoms with Gasteiger partial charge < -0.3 is 10.1 Å². The predicted molar refractivity (Wildman–Crippen MR) is 88.0 cm³/mol. The standard InChI is InChI=1S/C17H22N2OS/c1-20-12-11-18-10-9-15-16(13-5-3-2-4-6-13)19-17(21-15)14-7-8-14/h2-6,14,18H,7-12H2,1H3. The van der Waals surface area contributed by atoms with Crippen LogP contribution in [0.1, 0.15) is 28.6 Å². The topological polar surface area (TPSA) is 34.1 Å². The van der Waals surface area contributed by atoms with E-state index in [1.165, 1.54) is 34.0 Å². The van der Waals surface area contributed by atoms with Crippen molar-refractivity contribution in [3.8, 4) is 11.3 Å². The maximum absolute atomic E-state index is 5.06. The number of aromatic nitrogens is 1. The minimum absolute atomic E-state index is 0.729. The second kappa shape index (κ2) is 7.16. The van der Waals surface area contributed by atoms with Gasteiger partial charge in [-0.15, -0.1) is 11.3 Å². The van der Waals surface area contributed by atoms with E-state index >= 15 is 0 Å². The van der Waals surface area contributed by atoms with Crippen molar-refractivity contribution in [2.45, 2.75) is 25.2 Å². The highest BCUT2D eigenvalue weighted by molar-refractivity contribution is 7.12. The first kappa shape index (κ1) is 14.7. The SMILES string of the molecule is COCCNCCc1sc(C2CC2)nc1-c1ccccc1. The molecule has 1 aromatic heterocycles. The minimum atomic E-state index is 0.729. The van der Waals surface area contributed by atoms with E-state index < -0.39 is 0 Å². The Balaban J connectivity index is 1.71. The van der Waals surface area contributed by atoms with E-state index in [9.17, 15) is 0 Å². The van der Waals surface area contributed by atoms with Gasteiger partial charge in [-0.1, -0.05) is 30.3 Å². The van der Waals surface area contributed by atoms with Gasteiger partial charge >= 0.3 is 0 Å². The van der Waals surface area contributed by atoms with Crippen molar-refractivity contribution in [1.82, 2.24) is 10.3 Å². The van der Waals surface area contributed by atoms with E-state index in [1.54, 1.807) is 7.11 Å². The van der Waals surface area contributed by atoms with Crippen molar-refractivity contribution in [3.63, 3.8) is 0 Å². The van der Waals surface area contributed by atoms with E-state index in [0.717, 1.165) is 32.0 Å². The van der Waals surface area contributed by atoms with Crippen LogP contribution in [-0.4, -0.2) is 31.8 Å². The van der Waals surface area contributed by atoms with Gasteiger partial charge in [-0.25, -0.2) is 4.98 Å². The summed E-state index contributed by atoms with van der Waals surface area (Å²) in [5.41, 5.74) is 2.43. The third-order valence-electron chi connectivity index (χ3n) is 3.70. The summed E-state index contributed by atoms with van der Waals surface area (Å²) < 4.78 is 5.06. The van der Waals surface area contributed by atoms with E-state index in [2.05, 4.69) is 35.6 Å². The van der Waals surface area contributed by atoms with Crippen LogP contribution in [0.3, 0.4) is 0 Å². The van der Waals surface area contributed by atoms with Gasteiger partial charge in [0.1, 0.15) is 0 Å². The lowest BCUT2D eigenvalue weighted by Crippen LogP contribution is -2.21. The van der Waals surface area contributed by atoms with E-state index in [0.29, 0.717) is 0 Å². The summed E-state index contributed by atoms with van der Waals surface area (Å²) in [6.45, 7) is 2.66. The summed E-state index contributed by atoms with van der Waals surface area (Å²) in [6.07, 6.45) is 3.67. The maximum atomic E-state index is 5.06. The molecule has 21 heavy (non-hydrogen) atoms. The average molecular weight is 302 g/mol. The van der Waals surface area contributed by atoms with Gasteiger partial charge in [-0.2, -0.15) is 0 Å². The van der Waals surface area contributed by atoms with Crippen molar-refractivity contribution in [2.24, 2.45) is 0 Å². The van der Waals surface area contributed by atoms with E-state index in [1.807, 2.05) is 11.3 Å². The van der Waals surface area contributed by atoms with Crippen LogP contribution in [0.4, 0.5) is 0 Å². The fourth-order valence-corrected chi connectivity index (χ4v) is 3.62. The van der Waals surface area contributed by atoms with Gasteiger partial charge in [0.05, 0.1) is 17.3 Å². The number of benzene rings is 1. The molecule has 0 unspecified atom stereocenters. The zero-order valence-corrected chi connectivity index (χ0v) is 13.3. The number of methoxy groups -OCH3 is 1. The molecule has 0 atom stereocenters. The zero-order chi connectivity index (χ0) is 14.5. The molecule has 112 valence electrons. The molecule has 3 rings (SSSR count). The molecule has 1 aliphatic carbocycles. The Bertz CT molecular complexity index is 563. The first-order chi connectivity index (χ1) is 10.4. The average Bonchev–Trinajstić information content (AvgIpc) is 3.29. The lowest BCUT2D eigenvalue weighted by molar-refractivity contribution is 0.199. The molecule has 1 aromatic carbocycles. The second-order valence-electron chi connectivity index (χ2n) is 5.46. The molecular formula is C17H22N2OS. The molecule has 0 aliphatic heterocycles. The molecule has 0 bridgehead atoms.